The largest absolute Gasteiger partial charge is 0.365 e. The van der Waals surface area contributed by atoms with E-state index >= 15 is 0 Å². The molecule has 0 saturated heterocycles. The Morgan fingerprint density at radius 1 is 0.861 bits per heavy atom. The summed E-state index contributed by atoms with van der Waals surface area (Å²) in [5, 5.41) is 9.36. The highest BCUT2D eigenvalue weighted by atomic mass is 16.7. The fraction of sp³-hybridized carbons (Fsp3) is 0.0667. The van der Waals surface area contributed by atoms with Crippen molar-refractivity contribution in [2.45, 2.75) is 5.66 Å². The molecule has 1 aromatic heterocycles. The quantitative estimate of drug-likeness (QED) is 0.238. The minimum atomic E-state index is -0.938. The third kappa shape index (κ3) is 3.43. The number of aromatic amines is 1. The second-order valence-corrected chi connectivity index (χ2v) is 8.71. The van der Waals surface area contributed by atoms with Crippen LogP contribution in [-0.2, 0) is 10.5 Å². The molecule has 5 aromatic rings. The molecule has 1 atom stereocenters. The van der Waals surface area contributed by atoms with E-state index in [9.17, 15) is 4.79 Å². The molecule has 2 N–H and O–H groups in total. The highest BCUT2D eigenvalue weighted by Crippen LogP contribution is 2.45. The number of oxime groups is 1. The number of hydrogen-bond donors (Lipinski definition) is 2. The molecule has 6 heteroatoms. The lowest BCUT2D eigenvalue weighted by molar-refractivity contribution is 0.0514. The first-order valence-electron chi connectivity index (χ1n) is 11.8. The zero-order chi connectivity index (χ0) is 24.5. The summed E-state index contributed by atoms with van der Waals surface area (Å²) in [6.45, 7) is 0. The molecule has 4 aromatic carbocycles. The van der Waals surface area contributed by atoms with Crippen LogP contribution < -0.4 is 10.2 Å². The number of para-hydroxylation sites is 2. The number of likely N-dealkylation sites (N-methyl/N-ethyl adjacent to an activating group) is 1. The first-order chi connectivity index (χ1) is 17.7. The number of rotatable bonds is 5. The van der Waals surface area contributed by atoms with Gasteiger partial charge in [-0.1, -0.05) is 90.1 Å². The van der Waals surface area contributed by atoms with E-state index in [0.717, 1.165) is 33.4 Å². The summed E-state index contributed by atoms with van der Waals surface area (Å²) in [6, 6.07) is 35.1. The second kappa shape index (κ2) is 8.74. The lowest BCUT2D eigenvalue weighted by Gasteiger charge is -2.39. The number of carbonyl (C=O) groups excluding carboxylic acids is 1. The predicted molar refractivity (Wildman–Crippen MR) is 143 cm³/mol. The van der Waals surface area contributed by atoms with E-state index in [1.165, 1.54) is 0 Å². The van der Waals surface area contributed by atoms with Crippen LogP contribution in [0.4, 0.5) is 11.4 Å². The standard InChI is InChI=1S/C30H24N4O2/c1-34-27-19-11-9-17-24(27)28(33-36-29(35)21-12-4-2-5-13-21)30(34,22-14-6-3-7-15-22)32-26-20-31-25-18-10-8-16-23(25)26/h2-20,31-32H,1H3/b33-28+. The van der Waals surface area contributed by atoms with E-state index in [4.69, 9.17) is 4.84 Å². The highest BCUT2D eigenvalue weighted by molar-refractivity contribution is 6.19. The molecule has 0 amide bonds. The molecule has 36 heavy (non-hydrogen) atoms. The molecule has 0 radical (unpaired) electrons. The van der Waals surface area contributed by atoms with E-state index in [1.807, 2.05) is 80.0 Å². The van der Waals surface area contributed by atoms with E-state index in [-0.39, 0.29) is 0 Å². The zero-order valence-corrected chi connectivity index (χ0v) is 19.7. The number of nitrogens with one attached hydrogen (secondary N) is 2. The minimum Gasteiger partial charge on any atom is -0.359 e. The number of fused-ring (bicyclic) bond motifs is 2. The van der Waals surface area contributed by atoms with Crippen molar-refractivity contribution in [3.8, 4) is 0 Å². The van der Waals surface area contributed by atoms with E-state index < -0.39 is 11.6 Å². The van der Waals surface area contributed by atoms with Crippen molar-refractivity contribution in [1.29, 1.82) is 0 Å². The average molecular weight is 473 g/mol. The predicted octanol–water partition coefficient (Wildman–Crippen LogP) is 6.14. The normalized spacial score (nSPS) is 17.8. The minimum absolute atomic E-state index is 0.441. The fourth-order valence-electron chi connectivity index (χ4n) is 4.92. The Morgan fingerprint density at radius 2 is 1.53 bits per heavy atom. The van der Waals surface area contributed by atoms with Gasteiger partial charge in [0.2, 0.25) is 0 Å². The van der Waals surface area contributed by atoms with Gasteiger partial charge >= 0.3 is 5.97 Å². The topological polar surface area (TPSA) is 69.7 Å². The number of H-pyrrole nitrogens is 1. The number of nitrogens with zero attached hydrogens (tertiary/aromatic N) is 2. The Bertz CT molecular complexity index is 1580. The van der Waals surface area contributed by atoms with Crippen LogP contribution in [0.15, 0.2) is 121 Å². The van der Waals surface area contributed by atoms with Crippen molar-refractivity contribution >= 4 is 34.0 Å². The number of anilines is 2. The Morgan fingerprint density at radius 3 is 2.33 bits per heavy atom. The maximum atomic E-state index is 12.9. The van der Waals surface area contributed by atoms with E-state index in [1.54, 1.807) is 24.3 Å². The molecular formula is C30H24N4O2. The van der Waals surface area contributed by atoms with Gasteiger partial charge in [0.25, 0.3) is 0 Å². The Hall–Kier alpha value is -4.84. The van der Waals surface area contributed by atoms with Crippen molar-refractivity contribution in [2.75, 3.05) is 17.3 Å². The van der Waals surface area contributed by atoms with Gasteiger partial charge in [-0.05, 0) is 24.3 Å². The number of aromatic nitrogens is 1. The molecule has 0 bridgehead atoms. The maximum Gasteiger partial charge on any atom is 0.365 e. The van der Waals surface area contributed by atoms with Gasteiger partial charge in [-0.25, -0.2) is 4.79 Å². The molecule has 0 fully saturated rings. The Balaban J connectivity index is 1.54. The maximum absolute atomic E-state index is 12.9. The molecule has 0 saturated carbocycles. The summed E-state index contributed by atoms with van der Waals surface area (Å²) in [5.41, 5.74) is 4.86. The smallest absolute Gasteiger partial charge is 0.359 e. The van der Waals surface area contributed by atoms with Gasteiger partial charge in [0.1, 0.15) is 5.71 Å². The van der Waals surface area contributed by atoms with Crippen molar-refractivity contribution in [1.82, 2.24) is 4.98 Å². The third-order valence-corrected chi connectivity index (χ3v) is 6.69. The average Bonchev–Trinajstić information content (AvgIpc) is 3.45. The number of carbonyl (C=O) groups is 1. The van der Waals surface area contributed by atoms with Crippen LogP contribution in [0.5, 0.6) is 0 Å². The zero-order valence-electron chi connectivity index (χ0n) is 19.7. The molecule has 6 nitrogen and oxygen atoms in total. The first-order valence-corrected chi connectivity index (χ1v) is 11.8. The van der Waals surface area contributed by atoms with E-state index in [0.29, 0.717) is 11.3 Å². The molecule has 176 valence electrons. The molecule has 0 spiro atoms. The molecule has 1 unspecified atom stereocenters. The Labute approximate surface area is 208 Å². The van der Waals surface area contributed by atoms with Crippen LogP contribution in [0.3, 0.4) is 0 Å². The third-order valence-electron chi connectivity index (χ3n) is 6.69. The Kier molecular flexibility index (Phi) is 5.26. The summed E-state index contributed by atoms with van der Waals surface area (Å²) >= 11 is 0. The molecular weight excluding hydrogens is 448 g/mol. The van der Waals surface area contributed by atoms with Gasteiger partial charge in [0.15, 0.2) is 5.66 Å². The summed E-state index contributed by atoms with van der Waals surface area (Å²) in [4.78, 5) is 23.9. The molecule has 0 aliphatic carbocycles. The van der Waals surface area contributed by atoms with Gasteiger partial charge in [0, 0.05) is 41.0 Å². The number of hydrogen-bond acceptors (Lipinski definition) is 5. The van der Waals surface area contributed by atoms with Crippen LogP contribution in [0.25, 0.3) is 10.9 Å². The summed E-state index contributed by atoms with van der Waals surface area (Å²) in [7, 11) is 2.02. The fourth-order valence-corrected chi connectivity index (χ4v) is 4.92. The van der Waals surface area contributed by atoms with Crippen molar-refractivity contribution in [3.05, 3.63) is 132 Å². The lowest BCUT2D eigenvalue weighted by atomic mass is 9.92. The van der Waals surface area contributed by atoms with Crippen LogP contribution in [0, 0.1) is 0 Å². The van der Waals surface area contributed by atoms with Gasteiger partial charge in [-0.15, -0.1) is 0 Å². The molecule has 6 rings (SSSR count). The summed E-state index contributed by atoms with van der Waals surface area (Å²) < 4.78 is 0. The van der Waals surface area contributed by atoms with Crippen LogP contribution in [0.1, 0.15) is 21.5 Å². The van der Waals surface area contributed by atoms with Crippen molar-refractivity contribution in [3.63, 3.8) is 0 Å². The van der Waals surface area contributed by atoms with Gasteiger partial charge in [-0.3, -0.25) is 0 Å². The van der Waals surface area contributed by atoms with E-state index in [2.05, 4.69) is 38.6 Å². The van der Waals surface area contributed by atoms with Crippen LogP contribution in [0.2, 0.25) is 0 Å². The number of benzene rings is 4. The van der Waals surface area contributed by atoms with Gasteiger partial charge in [-0.2, -0.15) is 0 Å². The summed E-state index contributed by atoms with van der Waals surface area (Å²) in [5.74, 6) is -0.510. The van der Waals surface area contributed by atoms with Crippen molar-refractivity contribution in [2.24, 2.45) is 5.16 Å². The molecule has 2 heterocycles. The van der Waals surface area contributed by atoms with Crippen LogP contribution in [-0.4, -0.2) is 23.7 Å². The monoisotopic (exact) mass is 472 g/mol. The first kappa shape index (κ1) is 21.7. The van der Waals surface area contributed by atoms with Crippen LogP contribution >= 0.6 is 0 Å². The van der Waals surface area contributed by atoms with Gasteiger partial charge < -0.3 is 20.0 Å². The lowest BCUT2D eigenvalue weighted by Crippen LogP contribution is -2.52. The SMILES string of the molecule is CN1c2ccccc2/C(=N\OC(=O)c2ccccc2)C1(Nc1c[nH]c2ccccc12)c1ccccc1. The highest BCUT2D eigenvalue weighted by Gasteiger charge is 2.50. The summed E-state index contributed by atoms with van der Waals surface area (Å²) in [6.07, 6.45) is 1.96. The van der Waals surface area contributed by atoms with Crippen molar-refractivity contribution < 1.29 is 9.63 Å². The second-order valence-electron chi connectivity index (χ2n) is 8.71. The van der Waals surface area contributed by atoms with Gasteiger partial charge in [0.05, 0.1) is 11.3 Å². The molecule has 1 aliphatic rings. The molecule has 1 aliphatic heterocycles.